The molecule has 0 saturated heterocycles. The van der Waals surface area contributed by atoms with Crippen LogP contribution in [0.5, 0.6) is 5.75 Å². The predicted octanol–water partition coefficient (Wildman–Crippen LogP) is 4.02. The molecule has 3 aromatic rings. The van der Waals surface area contributed by atoms with Gasteiger partial charge in [-0.3, -0.25) is 0 Å². The Morgan fingerprint density at radius 2 is 2.07 bits per heavy atom. The molecule has 0 aliphatic heterocycles. The summed E-state index contributed by atoms with van der Waals surface area (Å²) in [5.74, 6) is 0.0779. The van der Waals surface area contributed by atoms with Crippen molar-refractivity contribution >= 4 is 34.3 Å². The molecule has 0 spiro atoms. The Bertz CT molecular complexity index is 982. The van der Waals surface area contributed by atoms with Crippen molar-refractivity contribution in [2.45, 2.75) is 19.3 Å². The van der Waals surface area contributed by atoms with Crippen molar-refractivity contribution in [1.82, 2.24) is 4.98 Å². The molecule has 0 saturated carbocycles. The zero-order chi connectivity index (χ0) is 19.2. The number of oxime groups is 1. The van der Waals surface area contributed by atoms with Crippen molar-refractivity contribution in [3.8, 4) is 5.75 Å². The third-order valence-corrected chi connectivity index (χ3v) is 4.42. The lowest BCUT2D eigenvalue weighted by Crippen LogP contribution is -2.16. The summed E-state index contributed by atoms with van der Waals surface area (Å²) < 4.78 is 5.21. The van der Waals surface area contributed by atoms with E-state index in [9.17, 15) is 4.79 Å². The number of carbonyl (C=O) groups excluding carboxylic acids is 1. The highest BCUT2D eigenvalue weighted by atomic mass is 35.5. The molecule has 3 rings (SSSR count). The number of amidine groups is 1. The smallest absolute Gasteiger partial charge is 0.335 e. The number of halogens is 1. The molecule has 6 nitrogen and oxygen atoms in total. The standard InChI is InChI=1S/C20H20ClN3O3/c1-26-18-10-9-14(21)11-16(18)20(22)24-27-19(25)8-4-5-13-12-23-17-7-3-2-6-15(13)17/h2-3,6-7,9-12,23H,4-5,8H2,1H3,(H2,22,24). The minimum absolute atomic E-state index is 0.0272. The van der Waals surface area contributed by atoms with Gasteiger partial charge in [-0.25, -0.2) is 4.79 Å². The molecule has 2 aromatic carbocycles. The number of hydrogen-bond donors (Lipinski definition) is 2. The van der Waals surface area contributed by atoms with Crippen LogP contribution in [0.4, 0.5) is 0 Å². The summed E-state index contributed by atoms with van der Waals surface area (Å²) in [5.41, 5.74) is 8.61. The molecule has 0 aliphatic carbocycles. The SMILES string of the molecule is COc1ccc(Cl)cc1/C(N)=N/OC(=O)CCCc1c[nH]c2ccccc12. The van der Waals surface area contributed by atoms with Gasteiger partial charge in [0, 0.05) is 28.5 Å². The van der Waals surface area contributed by atoms with Crippen LogP contribution in [0.1, 0.15) is 24.0 Å². The number of carbonyl (C=O) groups is 1. The van der Waals surface area contributed by atoms with Crippen LogP contribution in [0.25, 0.3) is 10.9 Å². The number of rotatable bonds is 7. The number of methoxy groups -OCH3 is 1. The number of aryl methyl sites for hydroxylation is 1. The fourth-order valence-corrected chi connectivity index (χ4v) is 3.01. The van der Waals surface area contributed by atoms with Gasteiger partial charge in [0.2, 0.25) is 0 Å². The second kappa shape index (κ2) is 8.60. The van der Waals surface area contributed by atoms with E-state index >= 15 is 0 Å². The van der Waals surface area contributed by atoms with E-state index in [0.717, 1.165) is 11.9 Å². The van der Waals surface area contributed by atoms with Crippen LogP contribution in [0.2, 0.25) is 5.02 Å². The highest BCUT2D eigenvalue weighted by molar-refractivity contribution is 6.31. The van der Waals surface area contributed by atoms with Crippen LogP contribution in [0, 0.1) is 0 Å². The number of ether oxygens (including phenoxy) is 1. The normalized spacial score (nSPS) is 11.6. The van der Waals surface area contributed by atoms with Crippen molar-refractivity contribution in [2.24, 2.45) is 10.9 Å². The number of para-hydroxylation sites is 1. The van der Waals surface area contributed by atoms with Gasteiger partial charge in [-0.1, -0.05) is 35.0 Å². The molecule has 1 heterocycles. The molecular formula is C20H20ClN3O3. The van der Waals surface area contributed by atoms with Gasteiger partial charge in [0.25, 0.3) is 0 Å². The van der Waals surface area contributed by atoms with E-state index in [0.29, 0.717) is 22.8 Å². The molecule has 1 aromatic heterocycles. The number of nitrogens with zero attached hydrogens (tertiary/aromatic N) is 1. The third-order valence-electron chi connectivity index (χ3n) is 4.19. The maximum atomic E-state index is 11.9. The van der Waals surface area contributed by atoms with E-state index in [-0.39, 0.29) is 12.3 Å². The molecule has 0 amide bonds. The van der Waals surface area contributed by atoms with E-state index in [1.165, 1.54) is 18.1 Å². The van der Waals surface area contributed by atoms with Gasteiger partial charge < -0.3 is 20.3 Å². The fourth-order valence-electron chi connectivity index (χ4n) is 2.84. The van der Waals surface area contributed by atoms with Crippen LogP contribution in [-0.2, 0) is 16.1 Å². The Kier molecular flexibility index (Phi) is 5.98. The van der Waals surface area contributed by atoms with Crippen LogP contribution in [-0.4, -0.2) is 23.9 Å². The van der Waals surface area contributed by atoms with Gasteiger partial charge >= 0.3 is 5.97 Å². The lowest BCUT2D eigenvalue weighted by molar-refractivity contribution is -0.143. The number of aromatic nitrogens is 1. The average molecular weight is 386 g/mol. The van der Waals surface area contributed by atoms with Crippen molar-refractivity contribution in [3.05, 3.63) is 64.8 Å². The zero-order valence-electron chi connectivity index (χ0n) is 14.9. The Hall–Kier alpha value is -2.99. The Labute approximate surface area is 161 Å². The highest BCUT2D eigenvalue weighted by Gasteiger charge is 2.11. The van der Waals surface area contributed by atoms with Crippen molar-refractivity contribution < 1.29 is 14.4 Å². The van der Waals surface area contributed by atoms with Crippen molar-refractivity contribution in [2.75, 3.05) is 7.11 Å². The first-order chi connectivity index (χ1) is 13.1. The van der Waals surface area contributed by atoms with Crippen LogP contribution in [0.15, 0.2) is 53.8 Å². The van der Waals surface area contributed by atoms with E-state index in [1.807, 2.05) is 24.4 Å². The number of nitrogens with two attached hydrogens (primary N) is 1. The summed E-state index contributed by atoms with van der Waals surface area (Å²) in [6.45, 7) is 0. The second-order valence-corrected chi connectivity index (χ2v) is 6.43. The van der Waals surface area contributed by atoms with E-state index < -0.39 is 5.97 Å². The Balaban J connectivity index is 1.55. The minimum atomic E-state index is -0.446. The maximum absolute atomic E-state index is 11.9. The third kappa shape index (κ3) is 4.60. The minimum Gasteiger partial charge on any atom is -0.496 e. The maximum Gasteiger partial charge on any atom is 0.335 e. The molecule has 0 fully saturated rings. The summed E-state index contributed by atoms with van der Waals surface area (Å²) in [6, 6.07) is 13.0. The Morgan fingerprint density at radius 3 is 2.89 bits per heavy atom. The quantitative estimate of drug-likeness (QED) is 0.278. The first-order valence-corrected chi connectivity index (χ1v) is 8.88. The van der Waals surface area contributed by atoms with Crippen LogP contribution >= 0.6 is 11.6 Å². The van der Waals surface area contributed by atoms with Crippen LogP contribution < -0.4 is 10.5 Å². The summed E-state index contributed by atoms with van der Waals surface area (Å²) >= 11 is 5.96. The summed E-state index contributed by atoms with van der Waals surface area (Å²) in [4.78, 5) is 20.1. The van der Waals surface area contributed by atoms with Gasteiger partial charge in [-0.2, -0.15) is 0 Å². The first-order valence-electron chi connectivity index (χ1n) is 8.50. The van der Waals surface area contributed by atoms with E-state index in [4.69, 9.17) is 26.9 Å². The van der Waals surface area contributed by atoms with Crippen molar-refractivity contribution in [3.63, 3.8) is 0 Å². The monoisotopic (exact) mass is 385 g/mol. The molecule has 140 valence electrons. The predicted molar refractivity (Wildman–Crippen MR) is 106 cm³/mol. The number of aromatic amines is 1. The molecule has 3 N–H and O–H groups in total. The van der Waals surface area contributed by atoms with Crippen molar-refractivity contribution in [1.29, 1.82) is 0 Å². The lowest BCUT2D eigenvalue weighted by Gasteiger charge is -2.07. The van der Waals surface area contributed by atoms with Gasteiger partial charge in [0.15, 0.2) is 5.84 Å². The number of fused-ring (bicyclic) bond motifs is 1. The highest BCUT2D eigenvalue weighted by Crippen LogP contribution is 2.22. The summed E-state index contributed by atoms with van der Waals surface area (Å²) in [5, 5.41) is 5.36. The molecule has 0 atom stereocenters. The molecule has 7 heteroatoms. The fraction of sp³-hybridized carbons (Fsp3) is 0.200. The molecule has 27 heavy (non-hydrogen) atoms. The van der Waals surface area contributed by atoms with Gasteiger partial charge in [-0.15, -0.1) is 0 Å². The van der Waals surface area contributed by atoms with Gasteiger partial charge in [0.1, 0.15) is 5.75 Å². The van der Waals surface area contributed by atoms with E-state index in [2.05, 4.69) is 16.2 Å². The molecule has 0 unspecified atom stereocenters. The number of benzene rings is 2. The second-order valence-electron chi connectivity index (χ2n) is 6.00. The number of H-pyrrole nitrogens is 1. The number of hydrogen-bond acceptors (Lipinski definition) is 4. The molecule has 0 radical (unpaired) electrons. The zero-order valence-corrected chi connectivity index (χ0v) is 15.6. The topological polar surface area (TPSA) is 89.7 Å². The molecular weight excluding hydrogens is 366 g/mol. The molecule has 0 bridgehead atoms. The van der Waals surface area contributed by atoms with E-state index in [1.54, 1.807) is 18.2 Å². The summed E-state index contributed by atoms with van der Waals surface area (Å²) in [6.07, 6.45) is 3.62. The lowest BCUT2D eigenvalue weighted by atomic mass is 10.1. The average Bonchev–Trinajstić information content (AvgIpc) is 3.09. The molecule has 0 aliphatic rings. The first kappa shape index (κ1) is 18.8. The van der Waals surface area contributed by atoms with Gasteiger partial charge in [0.05, 0.1) is 12.7 Å². The van der Waals surface area contributed by atoms with Crippen LogP contribution in [0.3, 0.4) is 0 Å². The Morgan fingerprint density at radius 1 is 1.26 bits per heavy atom. The van der Waals surface area contributed by atoms with Gasteiger partial charge in [-0.05, 0) is 42.7 Å². The summed E-state index contributed by atoms with van der Waals surface area (Å²) in [7, 11) is 1.51. The largest absolute Gasteiger partial charge is 0.496 e. The number of nitrogens with one attached hydrogen (secondary N) is 1.